The molecule has 174 valence electrons. The molecule has 0 aliphatic carbocycles. The number of nitrogens with one attached hydrogen (secondary N) is 2. The van der Waals surface area contributed by atoms with Crippen LogP contribution in [0.1, 0.15) is 32.8 Å². The number of carbonyl (C=O) groups is 3. The molecule has 3 rings (SSSR count). The second-order valence-corrected chi connectivity index (χ2v) is 7.90. The SMILES string of the molecule is COc1ccc(C2=C(Nc3ccc(NC(C)=O)cc3)C(=O)N(CCCOC(C)C)C2=O)cc1. The second-order valence-electron chi connectivity index (χ2n) is 7.90. The zero-order valence-electron chi connectivity index (χ0n) is 19.3. The summed E-state index contributed by atoms with van der Waals surface area (Å²) in [6.07, 6.45) is 0.630. The van der Waals surface area contributed by atoms with Crippen LogP contribution in [0.15, 0.2) is 54.2 Å². The number of hydrogen-bond donors (Lipinski definition) is 2. The van der Waals surface area contributed by atoms with Crippen molar-refractivity contribution in [1.82, 2.24) is 4.90 Å². The highest BCUT2D eigenvalue weighted by Gasteiger charge is 2.38. The first-order valence-corrected chi connectivity index (χ1v) is 10.8. The fourth-order valence-corrected chi connectivity index (χ4v) is 3.45. The van der Waals surface area contributed by atoms with Crippen molar-refractivity contribution in [2.45, 2.75) is 33.3 Å². The van der Waals surface area contributed by atoms with Gasteiger partial charge in [0.2, 0.25) is 5.91 Å². The Bertz CT molecular complexity index is 1040. The lowest BCUT2D eigenvalue weighted by Gasteiger charge is -2.16. The maximum Gasteiger partial charge on any atom is 0.278 e. The highest BCUT2D eigenvalue weighted by Crippen LogP contribution is 2.31. The van der Waals surface area contributed by atoms with Crippen LogP contribution in [0.3, 0.4) is 0 Å². The highest BCUT2D eigenvalue weighted by molar-refractivity contribution is 6.36. The molecule has 1 aliphatic rings. The summed E-state index contributed by atoms with van der Waals surface area (Å²) in [6, 6.07) is 13.9. The van der Waals surface area contributed by atoms with E-state index in [9.17, 15) is 14.4 Å². The van der Waals surface area contributed by atoms with Crippen molar-refractivity contribution >= 4 is 34.7 Å². The molecular weight excluding hydrogens is 422 g/mol. The van der Waals surface area contributed by atoms with Crippen molar-refractivity contribution in [1.29, 1.82) is 0 Å². The first kappa shape index (κ1) is 24.0. The van der Waals surface area contributed by atoms with Gasteiger partial charge in [0.05, 0.1) is 18.8 Å². The summed E-state index contributed by atoms with van der Waals surface area (Å²) in [4.78, 5) is 39.0. The quantitative estimate of drug-likeness (QED) is 0.423. The molecule has 8 heteroatoms. The zero-order chi connectivity index (χ0) is 24.0. The number of rotatable bonds is 10. The Labute approximate surface area is 193 Å². The Hall–Kier alpha value is -3.65. The predicted octanol–water partition coefficient (Wildman–Crippen LogP) is 3.66. The van der Waals surface area contributed by atoms with Gasteiger partial charge in [-0.3, -0.25) is 19.3 Å². The van der Waals surface area contributed by atoms with Crippen LogP contribution in [0.5, 0.6) is 5.75 Å². The van der Waals surface area contributed by atoms with Gasteiger partial charge in [-0.15, -0.1) is 0 Å². The van der Waals surface area contributed by atoms with E-state index in [0.717, 1.165) is 0 Å². The van der Waals surface area contributed by atoms with Gasteiger partial charge in [0.1, 0.15) is 11.4 Å². The Balaban J connectivity index is 1.88. The minimum atomic E-state index is -0.388. The number of benzene rings is 2. The molecule has 0 saturated heterocycles. The van der Waals surface area contributed by atoms with Crippen molar-refractivity contribution in [3.05, 3.63) is 59.8 Å². The number of anilines is 2. The van der Waals surface area contributed by atoms with E-state index in [-0.39, 0.29) is 36.1 Å². The van der Waals surface area contributed by atoms with Crippen molar-refractivity contribution in [2.24, 2.45) is 0 Å². The van der Waals surface area contributed by atoms with Gasteiger partial charge in [-0.1, -0.05) is 12.1 Å². The van der Waals surface area contributed by atoms with E-state index < -0.39 is 0 Å². The van der Waals surface area contributed by atoms with E-state index in [2.05, 4.69) is 10.6 Å². The fourth-order valence-electron chi connectivity index (χ4n) is 3.45. The molecule has 0 spiro atoms. The number of hydrogen-bond acceptors (Lipinski definition) is 6. The van der Waals surface area contributed by atoms with Gasteiger partial charge in [-0.25, -0.2) is 0 Å². The summed E-state index contributed by atoms with van der Waals surface area (Å²) in [5.74, 6) is -0.260. The van der Waals surface area contributed by atoms with E-state index in [0.29, 0.717) is 41.3 Å². The van der Waals surface area contributed by atoms with Crippen LogP contribution in [0, 0.1) is 0 Å². The van der Waals surface area contributed by atoms with Crippen molar-refractivity contribution in [3.8, 4) is 5.75 Å². The molecule has 8 nitrogen and oxygen atoms in total. The third-order valence-electron chi connectivity index (χ3n) is 5.00. The van der Waals surface area contributed by atoms with Crippen LogP contribution in [0.4, 0.5) is 11.4 Å². The Kier molecular flexibility index (Phi) is 7.84. The largest absolute Gasteiger partial charge is 0.497 e. The Morgan fingerprint density at radius 3 is 2.18 bits per heavy atom. The average Bonchev–Trinajstić information content (AvgIpc) is 3.01. The molecule has 0 saturated carbocycles. The molecule has 0 atom stereocenters. The van der Waals surface area contributed by atoms with Gasteiger partial charge in [0, 0.05) is 31.5 Å². The van der Waals surface area contributed by atoms with Crippen molar-refractivity contribution in [2.75, 3.05) is 30.9 Å². The van der Waals surface area contributed by atoms with Crippen molar-refractivity contribution < 1.29 is 23.9 Å². The van der Waals surface area contributed by atoms with E-state index >= 15 is 0 Å². The normalized spacial score (nSPS) is 13.7. The lowest BCUT2D eigenvalue weighted by Crippen LogP contribution is -2.34. The Morgan fingerprint density at radius 1 is 0.970 bits per heavy atom. The number of nitrogens with zero attached hydrogens (tertiary/aromatic N) is 1. The smallest absolute Gasteiger partial charge is 0.278 e. The van der Waals surface area contributed by atoms with E-state index in [1.807, 2.05) is 13.8 Å². The topological polar surface area (TPSA) is 97.0 Å². The molecular formula is C25H29N3O5. The first-order valence-electron chi connectivity index (χ1n) is 10.8. The third-order valence-corrected chi connectivity index (χ3v) is 5.00. The van der Waals surface area contributed by atoms with Gasteiger partial charge in [0.25, 0.3) is 11.8 Å². The summed E-state index contributed by atoms with van der Waals surface area (Å²) in [6.45, 7) is 6.03. The van der Waals surface area contributed by atoms with Crippen LogP contribution < -0.4 is 15.4 Å². The fraction of sp³-hybridized carbons (Fsp3) is 0.320. The third kappa shape index (κ3) is 5.98. The molecule has 0 unspecified atom stereocenters. The van der Waals surface area contributed by atoms with Crippen LogP contribution >= 0.6 is 0 Å². The lowest BCUT2D eigenvalue weighted by atomic mass is 10.0. The number of methoxy groups -OCH3 is 1. The molecule has 2 aromatic rings. The van der Waals surface area contributed by atoms with Gasteiger partial charge in [-0.2, -0.15) is 0 Å². The lowest BCUT2D eigenvalue weighted by molar-refractivity contribution is -0.137. The van der Waals surface area contributed by atoms with Gasteiger partial charge in [-0.05, 0) is 62.2 Å². The summed E-state index contributed by atoms with van der Waals surface area (Å²) in [5.41, 5.74) is 2.39. The summed E-state index contributed by atoms with van der Waals surface area (Å²) in [5, 5.41) is 5.81. The van der Waals surface area contributed by atoms with Gasteiger partial charge >= 0.3 is 0 Å². The Morgan fingerprint density at radius 2 is 1.61 bits per heavy atom. The standard InChI is InChI=1S/C25H29N3O5/c1-16(2)33-15-5-14-28-24(30)22(18-6-12-21(32-4)13-7-18)23(25(28)31)27-20-10-8-19(9-11-20)26-17(3)29/h6-13,16,27H,5,14-15H2,1-4H3,(H,26,29). The maximum atomic E-state index is 13.3. The van der Waals surface area contributed by atoms with Crippen LogP contribution in [-0.2, 0) is 19.1 Å². The van der Waals surface area contributed by atoms with Crippen LogP contribution in [0.2, 0.25) is 0 Å². The number of amides is 3. The number of imide groups is 1. The van der Waals surface area contributed by atoms with Gasteiger partial charge < -0.3 is 20.1 Å². The summed E-state index contributed by atoms with van der Waals surface area (Å²) >= 11 is 0. The first-order chi connectivity index (χ1) is 15.8. The van der Waals surface area contributed by atoms with Crippen LogP contribution in [0.25, 0.3) is 5.57 Å². The van der Waals surface area contributed by atoms with Crippen LogP contribution in [-0.4, -0.2) is 49.0 Å². The second kappa shape index (κ2) is 10.8. The molecule has 3 amide bonds. The summed E-state index contributed by atoms with van der Waals surface area (Å²) in [7, 11) is 1.57. The molecule has 1 aliphatic heterocycles. The van der Waals surface area contributed by atoms with Crippen molar-refractivity contribution in [3.63, 3.8) is 0 Å². The summed E-state index contributed by atoms with van der Waals surface area (Å²) < 4.78 is 10.8. The molecule has 0 fully saturated rings. The number of ether oxygens (including phenoxy) is 2. The average molecular weight is 452 g/mol. The molecule has 1 heterocycles. The highest BCUT2D eigenvalue weighted by atomic mass is 16.5. The molecule has 0 aromatic heterocycles. The minimum Gasteiger partial charge on any atom is -0.497 e. The molecule has 2 aromatic carbocycles. The molecule has 0 bridgehead atoms. The van der Waals surface area contributed by atoms with E-state index in [1.165, 1.54) is 11.8 Å². The molecule has 0 radical (unpaired) electrons. The monoisotopic (exact) mass is 451 g/mol. The van der Waals surface area contributed by atoms with Gasteiger partial charge in [0.15, 0.2) is 0 Å². The maximum absolute atomic E-state index is 13.3. The van der Waals surface area contributed by atoms with E-state index in [1.54, 1.807) is 55.6 Å². The predicted molar refractivity (Wildman–Crippen MR) is 127 cm³/mol. The zero-order valence-corrected chi connectivity index (χ0v) is 19.3. The number of carbonyl (C=O) groups excluding carboxylic acids is 3. The molecule has 33 heavy (non-hydrogen) atoms. The van der Waals surface area contributed by atoms with E-state index in [4.69, 9.17) is 9.47 Å². The molecule has 2 N–H and O–H groups in total. The minimum absolute atomic E-state index is 0.0839.